The summed E-state index contributed by atoms with van der Waals surface area (Å²) in [6.07, 6.45) is 3.01. The number of aliphatic hydroxyl groups excluding tert-OH is 1. The van der Waals surface area contributed by atoms with Crippen LogP contribution in [0.25, 0.3) is 0 Å². The number of hydrogen-bond acceptors (Lipinski definition) is 3. The molecule has 0 aromatic carbocycles. The van der Waals surface area contributed by atoms with Crippen molar-refractivity contribution in [1.29, 1.82) is 0 Å². The number of nitrogens with zero attached hydrogens (tertiary/aromatic N) is 1. The lowest BCUT2D eigenvalue weighted by Crippen LogP contribution is -2.37. The van der Waals surface area contributed by atoms with E-state index in [1.54, 1.807) is 0 Å². The molecule has 0 spiro atoms. The van der Waals surface area contributed by atoms with Crippen LogP contribution in [0, 0.1) is 5.92 Å². The number of nitrogens with one attached hydrogen (secondary N) is 1. The molecule has 0 aromatic rings. The average Bonchev–Trinajstić information content (AvgIpc) is 2.23. The zero-order valence-electron chi connectivity index (χ0n) is 11.1. The third-order valence-electron chi connectivity index (χ3n) is 2.67. The molecule has 0 saturated carbocycles. The van der Waals surface area contributed by atoms with E-state index in [1.807, 2.05) is 6.08 Å². The van der Waals surface area contributed by atoms with Gasteiger partial charge in [0.25, 0.3) is 0 Å². The van der Waals surface area contributed by atoms with E-state index < -0.39 is 0 Å². The van der Waals surface area contributed by atoms with Gasteiger partial charge in [-0.2, -0.15) is 0 Å². The first-order valence-electron chi connectivity index (χ1n) is 6.28. The Hall–Kier alpha value is -0.380. The summed E-state index contributed by atoms with van der Waals surface area (Å²) >= 11 is 0. The van der Waals surface area contributed by atoms with Crippen molar-refractivity contribution in [2.75, 3.05) is 32.8 Å². The van der Waals surface area contributed by atoms with Crippen molar-refractivity contribution in [2.24, 2.45) is 5.92 Å². The molecule has 1 unspecified atom stereocenters. The van der Waals surface area contributed by atoms with Crippen molar-refractivity contribution in [2.45, 2.75) is 33.2 Å². The molecule has 16 heavy (non-hydrogen) atoms. The molecule has 0 radical (unpaired) electrons. The minimum atomic E-state index is 0.220. The molecule has 0 bridgehead atoms. The van der Waals surface area contributed by atoms with Crippen molar-refractivity contribution >= 4 is 0 Å². The SMILES string of the molecule is C=CCN(CCO)C(C)CCNCC(C)C. The van der Waals surface area contributed by atoms with Crippen LogP contribution in [-0.2, 0) is 0 Å². The molecule has 2 N–H and O–H groups in total. The van der Waals surface area contributed by atoms with E-state index in [2.05, 4.69) is 37.6 Å². The van der Waals surface area contributed by atoms with Crippen LogP contribution in [0.2, 0.25) is 0 Å². The minimum Gasteiger partial charge on any atom is -0.395 e. The van der Waals surface area contributed by atoms with E-state index in [0.717, 1.165) is 32.6 Å². The maximum Gasteiger partial charge on any atom is 0.0558 e. The standard InChI is InChI=1S/C13H28N2O/c1-5-8-15(9-10-16)13(4)6-7-14-11-12(2)3/h5,12-14,16H,1,6-11H2,2-4H3. The van der Waals surface area contributed by atoms with E-state index in [0.29, 0.717) is 12.0 Å². The van der Waals surface area contributed by atoms with Gasteiger partial charge in [-0.25, -0.2) is 0 Å². The third-order valence-corrected chi connectivity index (χ3v) is 2.67. The van der Waals surface area contributed by atoms with E-state index >= 15 is 0 Å². The van der Waals surface area contributed by atoms with Crippen molar-refractivity contribution in [1.82, 2.24) is 10.2 Å². The van der Waals surface area contributed by atoms with E-state index in [4.69, 9.17) is 5.11 Å². The predicted octanol–water partition coefficient (Wildman–Crippen LogP) is 1.49. The van der Waals surface area contributed by atoms with Crippen molar-refractivity contribution < 1.29 is 5.11 Å². The molecule has 0 aliphatic carbocycles. The van der Waals surface area contributed by atoms with Crippen LogP contribution in [0.5, 0.6) is 0 Å². The molecule has 0 aromatic heterocycles. The Bertz CT molecular complexity index is 171. The summed E-state index contributed by atoms with van der Waals surface area (Å²) in [5, 5.41) is 12.4. The molecule has 0 amide bonds. The number of rotatable bonds is 10. The van der Waals surface area contributed by atoms with E-state index in [-0.39, 0.29) is 6.61 Å². The Balaban J connectivity index is 3.72. The second kappa shape index (κ2) is 9.82. The minimum absolute atomic E-state index is 0.220. The Morgan fingerprint density at radius 3 is 2.56 bits per heavy atom. The van der Waals surface area contributed by atoms with Gasteiger partial charge in [0, 0.05) is 19.1 Å². The smallest absolute Gasteiger partial charge is 0.0558 e. The molecular weight excluding hydrogens is 200 g/mol. The molecule has 0 aliphatic rings. The zero-order chi connectivity index (χ0) is 12.4. The summed E-state index contributed by atoms with van der Waals surface area (Å²) in [6.45, 7) is 14.3. The van der Waals surface area contributed by atoms with Gasteiger partial charge in [0.2, 0.25) is 0 Å². The molecule has 0 saturated heterocycles. The largest absolute Gasteiger partial charge is 0.395 e. The first-order chi connectivity index (χ1) is 7.61. The van der Waals surface area contributed by atoms with Gasteiger partial charge < -0.3 is 10.4 Å². The first kappa shape index (κ1) is 15.6. The maximum atomic E-state index is 8.96. The first-order valence-corrected chi connectivity index (χ1v) is 6.28. The molecule has 0 aliphatic heterocycles. The van der Waals surface area contributed by atoms with Crippen molar-refractivity contribution in [3.63, 3.8) is 0 Å². The summed E-state index contributed by atoms with van der Waals surface area (Å²) in [5.41, 5.74) is 0. The average molecular weight is 228 g/mol. The van der Waals surface area contributed by atoms with Gasteiger partial charge in [0.1, 0.15) is 0 Å². The van der Waals surface area contributed by atoms with E-state index in [1.165, 1.54) is 0 Å². The van der Waals surface area contributed by atoms with Crippen molar-refractivity contribution in [3.8, 4) is 0 Å². The Kier molecular flexibility index (Phi) is 9.59. The topological polar surface area (TPSA) is 35.5 Å². The molecular formula is C13H28N2O. The highest BCUT2D eigenvalue weighted by molar-refractivity contribution is 4.77. The normalized spacial score (nSPS) is 13.4. The summed E-state index contributed by atoms with van der Waals surface area (Å²) in [5.74, 6) is 0.706. The van der Waals surface area contributed by atoms with Gasteiger partial charge in [-0.1, -0.05) is 19.9 Å². The lowest BCUT2D eigenvalue weighted by atomic mass is 10.2. The van der Waals surface area contributed by atoms with Crippen LogP contribution >= 0.6 is 0 Å². The monoisotopic (exact) mass is 228 g/mol. The zero-order valence-corrected chi connectivity index (χ0v) is 11.1. The molecule has 0 fully saturated rings. The van der Waals surface area contributed by atoms with Gasteiger partial charge in [-0.05, 0) is 32.4 Å². The van der Waals surface area contributed by atoms with E-state index in [9.17, 15) is 0 Å². The van der Waals surface area contributed by atoms with Gasteiger partial charge in [0.15, 0.2) is 0 Å². The summed E-state index contributed by atoms with van der Waals surface area (Å²) in [4.78, 5) is 2.25. The van der Waals surface area contributed by atoms with Crippen LogP contribution in [0.1, 0.15) is 27.2 Å². The Morgan fingerprint density at radius 2 is 2.06 bits per heavy atom. The fraction of sp³-hybridized carbons (Fsp3) is 0.846. The molecule has 0 rings (SSSR count). The highest BCUT2D eigenvalue weighted by atomic mass is 16.3. The molecule has 96 valence electrons. The van der Waals surface area contributed by atoms with Crippen molar-refractivity contribution in [3.05, 3.63) is 12.7 Å². The summed E-state index contributed by atoms with van der Waals surface area (Å²) in [6, 6.07) is 0.491. The lowest BCUT2D eigenvalue weighted by molar-refractivity contribution is 0.166. The lowest BCUT2D eigenvalue weighted by Gasteiger charge is -2.27. The van der Waals surface area contributed by atoms with Gasteiger partial charge in [0.05, 0.1) is 6.61 Å². The maximum absolute atomic E-state index is 8.96. The van der Waals surface area contributed by atoms with Crippen LogP contribution in [-0.4, -0.2) is 48.8 Å². The molecule has 1 atom stereocenters. The fourth-order valence-corrected chi connectivity index (χ4v) is 1.67. The quantitative estimate of drug-likeness (QED) is 0.439. The number of aliphatic hydroxyl groups is 1. The Labute approximate surface area is 101 Å². The van der Waals surface area contributed by atoms with Crippen LogP contribution in [0.3, 0.4) is 0 Å². The van der Waals surface area contributed by atoms with Crippen LogP contribution in [0.15, 0.2) is 12.7 Å². The highest BCUT2D eigenvalue weighted by Crippen LogP contribution is 2.02. The van der Waals surface area contributed by atoms with Gasteiger partial charge in [-0.15, -0.1) is 6.58 Å². The number of hydrogen-bond donors (Lipinski definition) is 2. The molecule has 0 heterocycles. The van der Waals surface area contributed by atoms with Gasteiger partial charge >= 0.3 is 0 Å². The fourth-order valence-electron chi connectivity index (χ4n) is 1.67. The van der Waals surface area contributed by atoms with Crippen LogP contribution in [0.4, 0.5) is 0 Å². The third kappa shape index (κ3) is 7.85. The summed E-state index contributed by atoms with van der Waals surface area (Å²) < 4.78 is 0. The summed E-state index contributed by atoms with van der Waals surface area (Å²) in [7, 11) is 0. The van der Waals surface area contributed by atoms with Gasteiger partial charge in [-0.3, -0.25) is 4.90 Å². The highest BCUT2D eigenvalue weighted by Gasteiger charge is 2.11. The predicted molar refractivity (Wildman–Crippen MR) is 70.6 cm³/mol. The second-order valence-electron chi connectivity index (χ2n) is 4.74. The van der Waals surface area contributed by atoms with Crippen LogP contribution < -0.4 is 5.32 Å². The Morgan fingerprint density at radius 1 is 1.38 bits per heavy atom. The second-order valence-corrected chi connectivity index (χ2v) is 4.74. The molecule has 3 heteroatoms. The molecule has 3 nitrogen and oxygen atoms in total.